The van der Waals surface area contributed by atoms with E-state index < -0.39 is 0 Å². The first kappa shape index (κ1) is 13.4. The van der Waals surface area contributed by atoms with Crippen LogP contribution in [-0.4, -0.2) is 11.0 Å². The summed E-state index contributed by atoms with van der Waals surface area (Å²) in [6, 6.07) is 12.9. The minimum absolute atomic E-state index is 0.0185. The molecule has 0 saturated carbocycles. The molecule has 2 rings (SSSR count). The zero-order chi connectivity index (χ0) is 13.8. The molecule has 0 heterocycles. The lowest BCUT2D eigenvalue weighted by molar-refractivity contribution is 0.318. The molecule has 0 aliphatic rings. The quantitative estimate of drug-likeness (QED) is 0.392. The van der Waals surface area contributed by atoms with E-state index in [-0.39, 0.29) is 5.84 Å². The Kier molecular flexibility index (Phi) is 4.06. The van der Waals surface area contributed by atoms with Crippen LogP contribution in [-0.2, 0) is 0 Å². The van der Waals surface area contributed by atoms with Gasteiger partial charge in [0.05, 0.1) is 5.56 Å². The molecule has 5 heteroatoms. The zero-order valence-corrected chi connectivity index (χ0v) is 11.9. The van der Waals surface area contributed by atoms with Gasteiger partial charge in [-0.3, -0.25) is 0 Å². The van der Waals surface area contributed by atoms with Crippen molar-refractivity contribution in [2.45, 2.75) is 6.92 Å². The van der Waals surface area contributed by atoms with E-state index in [4.69, 9.17) is 15.7 Å². The summed E-state index contributed by atoms with van der Waals surface area (Å²) in [6.07, 6.45) is 0. The van der Waals surface area contributed by atoms with Crippen molar-refractivity contribution in [2.24, 2.45) is 10.9 Å². The standard InChI is InChI=1S/C14H13BrN2O2/c1-9-5-6-12(14(16)17-18)13(7-9)19-11-4-2-3-10(15)8-11/h2-8,18H,1H3,(H2,16,17). The van der Waals surface area contributed by atoms with Gasteiger partial charge in [-0.1, -0.05) is 33.2 Å². The van der Waals surface area contributed by atoms with Crippen LogP contribution in [0.1, 0.15) is 11.1 Å². The summed E-state index contributed by atoms with van der Waals surface area (Å²) < 4.78 is 6.71. The van der Waals surface area contributed by atoms with Gasteiger partial charge in [0.25, 0.3) is 0 Å². The van der Waals surface area contributed by atoms with Crippen molar-refractivity contribution in [3.8, 4) is 11.5 Å². The summed E-state index contributed by atoms with van der Waals surface area (Å²) in [5, 5.41) is 11.8. The molecule has 4 nitrogen and oxygen atoms in total. The molecule has 2 aromatic carbocycles. The van der Waals surface area contributed by atoms with Gasteiger partial charge < -0.3 is 15.7 Å². The number of oxime groups is 1. The van der Waals surface area contributed by atoms with E-state index in [1.54, 1.807) is 6.07 Å². The summed E-state index contributed by atoms with van der Waals surface area (Å²) in [5.74, 6) is 1.24. The van der Waals surface area contributed by atoms with Gasteiger partial charge in [0.1, 0.15) is 11.5 Å². The Morgan fingerprint density at radius 2 is 2.05 bits per heavy atom. The van der Waals surface area contributed by atoms with Gasteiger partial charge >= 0.3 is 0 Å². The lowest BCUT2D eigenvalue weighted by atomic mass is 10.1. The molecule has 2 aromatic rings. The number of benzene rings is 2. The van der Waals surface area contributed by atoms with Crippen LogP contribution < -0.4 is 10.5 Å². The van der Waals surface area contributed by atoms with Gasteiger partial charge in [-0.25, -0.2) is 0 Å². The molecule has 0 fully saturated rings. The van der Waals surface area contributed by atoms with Gasteiger partial charge in [0.2, 0.25) is 0 Å². The number of hydrogen-bond donors (Lipinski definition) is 2. The van der Waals surface area contributed by atoms with Gasteiger partial charge in [-0.2, -0.15) is 0 Å². The number of aryl methyl sites for hydroxylation is 1. The van der Waals surface area contributed by atoms with Crippen molar-refractivity contribution in [1.29, 1.82) is 0 Å². The second kappa shape index (κ2) is 5.75. The van der Waals surface area contributed by atoms with E-state index in [9.17, 15) is 0 Å². The average molecular weight is 321 g/mol. The molecule has 3 N–H and O–H groups in total. The molecule has 0 aliphatic carbocycles. The third kappa shape index (κ3) is 3.26. The lowest BCUT2D eigenvalue weighted by Gasteiger charge is -2.11. The molecule has 0 bridgehead atoms. The molecule has 0 aromatic heterocycles. The highest BCUT2D eigenvalue weighted by Gasteiger charge is 2.09. The first-order valence-electron chi connectivity index (χ1n) is 5.62. The van der Waals surface area contributed by atoms with Crippen molar-refractivity contribution in [3.63, 3.8) is 0 Å². The van der Waals surface area contributed by atoms with E-state index in [2.05, 4.69) is 21.1 Å². The summed E-state index contributed by atoms with van der Waals surface area (Å²) in [7, 11) is 0. The Hall–Kier alpha value is -2.01. The number of halogens is 1. The van der Waals surface area contributed by atoms with Crippen molar-refractivity contribution >= 4 is 21.8 Å². The summed E-state index contributed by atoms with van der Waals surface area (Å²) >= 11 is 3.38. The fourth-order valence-electron chi connectivity index (χ4n) is 1.64. The highest BCUT2D eigenvalue weighted by Crippen LogP contribution is 2.28. The molecule has 0 radical (unpaired) electrons. The van der Waals surface area contributed by atoms with Crippen LogP contribution in [0.4, 0.5) is 0 Å². The predicted molar refractivity (Wildman–Crippen MR) is 77.9 cm³/mol. The molecular weight excluding hydrogens is 308 g/mol. The van der Waals surface area contributed by atoms with E-state index in [1.165, 1.54) is 0 Å². The maximum atomic E-state index is 8.79. The molecule has 0 atom stereocenters. The van der Waals surface area contributed by atoms with Crippen molar-refractivity contribution in [1.82, 2.24) is 0 Å². The molecule has 0 unspecified atom stereocenters. The maximum absolute atomic E-state index is 8.79. The molecule has 98 valence electrons. The molecule has 0 spiro atoms. The van der Waals surface area contributed by atoms with Crippen LogP contribution in [0.15, 0.2) is 52.1 Å². The number of nitrogens with zero attached hydrogens (tertiary/aromatic N) is 1. The minimum Gasteiger partial charge on any atom is -0.457 e. The highest BCUT2D eigenvalue weighted by atomic mass is 79.9. The predicted octanol–water partition coefficient (Wildman–Crippen LogP) is 3.64. The highest BCUT2D eigenvalue weighted by molar-refractivity contribution is 9.10. The van der Waals surface area contributed by atoms with Crippen LogP contribution in [0.5, 0.6) is 11.5 Å². The van der Waals surface area contributed by atoms with Crippen LogP contribution in [0.3, 0.4) is 0 Å². The average Bonchev–Trinajstić information content (AvgIpc) is 2.38. The third-order valence-corrected chi connectivity index (χ3v) is 3.04. The van der Waals surface area contributed by atoms with E-state index in [1.807, 2.05) is 43.3 Å². The first-order valence-corrected chi connectivity index (χ1v) is 6.41. The summed E-state index contributed by atoms with van der Waals surface area (Å²) in [6.45, 7) is 1.95. The van der Waals surface area contributed by atoms with Gasteiger partial charge in [-0.15, -0.1) is 0 Å². The van der Waals surface area contributed by atoms with Crippen LogP contribution in [0, 0.1) is 6.92 Å². The monoisotopic (exact) mass is 320 g/mol. The van der Waals surface area contributed by atoms with Gasteiger partial charge in [0, 0.05) is 4.47 Å². The van der Waals surface area contributed by atoms with Gasteiger partial charge in [-0.05, 0) is 42.8 Å². The van der Waals surface area contributed by atoms with E-state index in [0.29, 0.717) is 17.1 Å². The van der Waals surface area contributed by atoms with Crippen molar-refractivity contribution in [3.05, 3.63) is 58.1 Å². The van der Waals surface area contributed by atoms with Crippen molar-refractivity contribution in [2.75, 3.05) is 0 Å². The van der Waals surface area contributed by atoms with Gasteiger partial charge in [0.15, 0.2) is 5.84 Å². The van der Waals surface area contributed by atoms with Crippen LogP contribution in [0.2, 0.25) is 0 Å². The largest absolute Gasteiger partial charge is 0.457 e. The second-order valence-corrected chi connectivity index (χ2v) is 4.96. The molecule has 0 aliphatic heterocycles. The summed E-state index contributed by atoms with van der Waals surface area (Å²) in [5.41, 5.74) is 7.22. The second-order valence-electron chi connectivity index (χ2n) is 4.04. The number of hydrogen-bond acceptors (Lipinski definition) is 3. The fraction of sp³-hybridized carbons (Fsp3) is 0.0714. The number of nitrogens with two attached hydrogens (primary N) is 1. The molecule has 0 amide bonds. The number of amidine groups is 1. The lowest BCUT2D eigenvalue weighted by Crippen LogP contribution is -2.14. The first-order chi connectivity index (χ1) is 9.10. The van der Waals surface area contributed by atoms with Crippen molar-refractivity contribution < 1.29 is 9.94 Å². The Balaban J connectivity index is 2.41. The van der Waals surface area contributed by atoms with Crippen LogP contribution in [0.25, 0.3) is 0 Å². The summed E-state index contributed by atoms with van der Waals surface area (Å²) in [4.78, 5) is 0. The fourth-order valence-corrected chi connectivity index (χ4v) is 2.02. The molecule has 0 saturated heterocycles. The minimum atomic E-state index is 0.0185. The molecular formula is C14H13BrN2O2. The number of rotatable bonds is 3. The van der Waals surface area contributed by atoms with Crippen LogP contribution >= 0.6 is 15.9 Å². The molecule has 19 heavy (non-hydrogen) atoms. The topological polar surface area (TPSA) is 67.8 Å². The Morgan fingerprint density at radius 3 is 2.74 bits per heavy atom. The third-order valence-electron chi connectivity index (χ3n) is 2.54. The van der Waals surface area contributed by atoms with E-state index in [0.717, 1.165) is 10.0 Å². The number of ether oxygens (including phenoxy) is 1. The maximum Gasteiger partial charge on any atom is 0.173 e. The Morgan fingerprint density at radius 1 is 1.26 bits per heavy atom. The Labute approximate surface area is 119 Å². The Bertz CT molecular complexity index is 627. The smallest absolute Gasteiger partial charge is 0.173 e. The SMILES string of the molecule is Cc1ccc(C(N)=NO)c(Oc2cccc(Br)c2)c1. The van der Waals surface area contributed by atoms with E-state index >= 15 is 0 Å². The normalized spacial score (nSPS) is 11.4. The zero-order valence-electron chi connectivity index (χ0n) is 10.3.